The van der Waals surface area contributed by atoms with Gasteiger partial charge in [-0.2, -0.15) is 0 Å². The van der Waals surface area contributed by atoms with Crippen LogP contribution in [0.25, 0.3) is 0 Å². The third-order valence-electron chi connectivity index (χ3n) is 7.42. The number of piperidine rings is 1. The average Bonchev–Trinajstić information content (AvgIpc) is 2.98. The van der Waals surface area contributed by atoms with Gasteiger partial charge in [-0.25, -0.2) is 5.01 Å². The molecule has 36 heavy (non-hydrogen) atoms. The van der Waals surface area contributed by atoms with Crippen molar-refractivity contribution in [2.75, 3.05) is 40.3 Å². The molecule has 1 aromatic carbocycles. The van der Waals surface area contributed by atoms with Crippen LogP contribution in [0.1, 0.15) is 44.1 Å². The van der Waals surface area contributed by atoms with Gasteiger partial charge in [0.25, 0.3) is 0 Å². The fourth-order valence-electron chi connectivity index (χ4n) is 5.54. The van der Waals surface area contributed by atoms with E-state index >= 15 is 0 Å². The SMILES string of the molecule is C=C1C2=C(C(N3CCCCC3)=NN1C(=NC)c1cccc(OC(F)(F)F)c1)N(C)CC1(CCC1)CO2. The molecule has 3 aliphatic heterocycles. The maximum absolute atomic E-state index is 12.9. The summed E-state index contributed by atoms with van der Waals surface area (Å²) in [5, 5.41) is 6.61. The van der Waals surface area contributed by atoms with Crippen molar-refractivity contribution < 1.29 is 22.6 Å². The van der Waals surface area contributed by atoms with Gasteiger partial charge >= 0.3 is 6.36 Å². The van der Waals surface area contributed by atoms with E-state index in [0.717, 1.165) is 56.9 Å². The van der Waals surface area contributed by atoms with Gasteiger partial charge in [-0.3, -0.25) is 4.99 Å². The van der Waals surface area contributed by atoms with E-state index in [1.165, 1.54) is 31.0 Å². The van der Waals surface area contributed by atoms with Crippen molar-refractivity contribution >= 4 is 11.7 Å². The number of hydrazone groups is 1. The molecule has 194 valence electrons. The molecule has 1 spiro atoms. The highest BCUT2D eigenvalue weighted by atomic mass is 19.4. The van der Waals surface area contributed by atoms with Gasteiger partial charge in [-0.15, -0.1) is 18.3 Å². The van der Waals surface area contributed by atoms with Crippen LogP contribution in [-0.4, -0.2) is 73.2 Å². The fourth-order valence-corrected chi connectivity index (χ4v) is 5.54. The summed E-state index contributed by atoms with van der Waals surface area (Å²) in [4.78, 5) is 8.93. The summed E-state index contributed by atoms with van der Waals surface area (Å²) in [6.45, 7) is 7.54. The lowest BCUT2D eigenvalue weighted by atomic mass is 9.69. The second-order valence-corrected chi connectivity index (χ2v) is 10.0. The highest BCUT2D eigenvalue weighted by Gasteiger charge is 2.45. The van der Waals surface area contributed by atoms with E-state index in [0.29, 0.717) is 29.5 Å². The summed E-state index contributed by atoms with van der Waals surface area (Å²) in [6.07, 6.45) is 1.98. The van der Waals surface area contributed by atoms with Crippen LogP contribution in [0.2, 0.25) is 0 Å². The van der Waals surface area contributed by atoms with E-state index in [-0.39, 0.29) is 11.2 Å². The van der Waals surface area contributed by atoms with Crippen LogP contribution in [0.3, 0.4) is 0 Å². The molecule has 5 rings (SSSR count). The molecule has 0 radical (unpaired) electrons. The van der Waals surface area contributed by atoms with Gasteiger partial charge in [0, 0.05) is 44.7 Å². The topological polar surface area (TPSA) is 52.9 Å². The lowest BCUT2D eigenvalue weighted by Gasteiger charge is -2.43. The van der Waals surface area contributed by atoms with Crippen LogP contribution in [0, 0.1) is 5.41 Å². The molecule has 2 fully saturated rings. The van der Waals surface area contributed by atoms with Gasteiger partial charge in [-0.05, 0) is 44.2 Å². The molecule has 0 N–H and O–H groups in total. The lowest BCUT2D eigenvalue weighted by Crippen LogP contribution is -2.47. The van der Waals surface area contributed by atoms with E-state index in [2.05, 4.69) is 33.2 Å². The van der Waals surface area contributed by atoms with Gasteiger partial charge in [0.15, 0.2) is 17.4 Å². The maximum atomic E-state index is 12.9. The minimum Gasteiger partial charge on any atom is -0.488 e. The van der Waals surface area contributed by atoms with Crippen molar-refractivity contribution in [1.29, 1.82) is 0 Å². The molecular weight excluding hydrogens is 471 g/mol. The largest absolute Gasteiger partial charge is 0.573 e. The standard InChI is InChI=1S/C26H32F3N5O2/c1-18-22-21(32(3)16-25(17-35-22)11-8-12-25)24(33-13-5-4-6-14-33)31-34(18)23(30-2)19-9-7-10-20(15-19)36-26(27,28)29/h7,9-10,15H,1,4-6,8,11-14,16-17H2,2-3H3. The van der Waals surface area contributed by atoms with Crippen LogP contribution in [0.5, 0.6) is 5.75 Å². The van der Waals surface area contributed by atoms with E-state index in [9.17, 15) is 13.2 Å². The van der Waals surface area contributed by atoms with Crippen LogP contribution in [-0.2, 0) is 4.74 Å². The van der Waals surface area contributed by atoms with Crippen LogP contribution < -0.4 is 4.74 Å². The molecule has 1 saturated carbocycles. The number of halogens is 3. The summed E-state index contributed by atoms with van der Waals surface area (Å²) in [6, 6.07) is 5.76. The first-order valence-corrected chi connectivity index (χ1v) is 12.4. The Morgan fingerprint density at radius 2 is 1.92 bits per heavy atom. The molecule has 0 atom stereocenters. The molecule has 1 saturated heterocycles. The quantitative estimate of drug-likeness (QED) is 0.423. The smallest absolute Gasteiger partial charge is 0.488 e. The number of rotatable bonds is 2. The zero-order valence-corrected chi connectivity index (χ0v) is 20.8. The lowest BCUT2D eigenvalue weighted by molar-refractivity contribution is -0.274. The summed E-state index contributed by atoms with van der Waals surface area (Å²) in [7, 11) is 3.67. The average molecular weight is 504 g/mol. The minimum absolute atomic E-state index is 0.120. The Balaban J connectivity index is 1.54. The molecule has 4 aliphatic rings. The highest BCUT2D eigenvalue weighted by Crippen LogP contribution is 2.46. The van der Waals surface area contributed by atoms with Crippen molar-refractivity contribution in [1.82, 2.24) is 14.8 Å². The predicted octanol–water partition coefficient (Wildman–Crippen LogP) is 4.93. The maximum Gasteiger partial charge on any atom is 0.573 e. The highest BCUT2D eigenvalue weighted by molar-refractivity contribution is 6.05. The molecule has 10 heteroatoms. The number of hydrogen-bond acceptors (Lipinski definition) is 6. The fraction of sp³-hybridized carbons (Fsp3) is 0.538. The number of ether oxygens (including phenoxy) is 2. The Morgan fingerprint density at radius 1 is 1.17 bits per heavy atom. The third-order valence-corrected chi connectivity index (χ3v) is 7.42. The molecule has 1 aromatic rings. The molecular formula is C26H32F3N5O2. The number of nitrogens with zero attached hydrogens (tertiary/aromatic N) is 5. The van der Waals surface area contributed by atoms with Gasteiger partial charge in [-0.1, -0.05) is 25.1 Å². The van der Waals surface area contributed by atoms with Crippen LogP contribution >= 0.6 is 0 Å². The van der Waals surface area contributed by atoms with E-state index in [1.54, 1.807) is 18.1 Å². The normalized spacial score (nSPS) is 22.6. The zero-order chi connectivity index (χ0) is 25.5. The summed E-state index contributed by atoms with van der Waals surface area (Å²) < 4.78 is 49.2. The predicted molar refractivity (Wildman–Crippen MR) is 131 cm³/mol. The molecule has 0 amide bonds. The van der Waals surface area contributed by atoms with E-state index in [4.69, 9.17) is 9.84 Å². The number of benzene rings is 1. The third kappa shape index (κ3) is 4.65. The molecule has 0 aromatic heterocycles. The summed E-state index contributed by atoms with van der Waals surface area (Å²) >= 11 is 0. The van der Waals surface area contributed by atoms with Crippen LogP contribution in [0.4, 0.5) is 13.2 Å². The monoisotopic (exact) mass is 503 g/mol. The van der Waals surface area contributed by atoms with Gasteiger partial charge < -0.3 is 19.3 Å². The first-order chi connectivity index (χ1) is 17.2. The van der Waals surface area contributed by atoms with E-state index < -0.39 is 6.36 Å². The van der Waals surface area contributed by atoms with Crippen molar-refractivity contribution in [3.8, 4) is 5.75 Å². The van der Waals surface area contributed by atoms with Gasteiger partial charge in [0.05, 0.1) is 6.61 Å². The van der Waals surface area contributed by atoms with Gasteiger partial charge in [0.2, 0.25) is 0 Å². The van der Waals surface area contributed by atoms with Crippen molar-refractivity contribution in [3.05, 3.63) is 53.6 Å². The Bertz CT molecular complexity index is 1120. The number of likely N-dealkylation sites (N-methyl/N-ethyl adjacent to an activating group) is 1. The summed E-state index contributed by atoms with van der Waals surface area (Å²) in [5.41, 5.74) is 1.99. The van der Waals surface area contributed by atoms with Crippen molar-refractivity contribution in [2.24, 2.45) is 15.5 Å². The number of amidine groups is 2. The van der Waals surface area contributed by atoms with Crippen molar-refractivity contribution in [3.63, 3.8) is 0 Å². The van der Waals surface area contributed by atoms with E-state index in [1.807, 2.05) is 0 Å². The summed E-state index contributed by atoms with van der Waals surface area (Å²) in [5.74, 6) is 1.49. The Morgan fingerprint density at radius 3 is 2.56 bits per heavy atom. The Labute approximate surface area is 209 Å². The number of likely N-dealkylation sites (tertiary alicyclic amines) is 1. The second kappa shape index (κ2) is 9.37. The van der Waals surface area contributed by atoms with Crippen molar-refractivity contribution in [2.45, 2.75) is 44.9 Å². The molecule has 0 unspecified atom stereocenters. The van der Waals surface area contributed by atoms with Gasteiger partial charge in [0.1, 0.15) is 17.1 Å². The zero-order valence-electron chi connectivity index (χ0n) is 20.8. The second-order valence-electron chi connectivity index (χ2n) is 10.0. The van der Waals surface area contributed by atoms with Crippen LogP contribution in [0.15, 0.2) is 58.1 Å². The number of aliphatic imine (C=N–C) groups is 1. The molecule has 3 heterocycles. The molecule has 0 bridgehead atoms. The first kappa shape index (κ1) is 24.5. The molecule has 1 aliphatic carbocycles. The Kier molecular flexibility index (Phi) is 6.38. The molecule has 7 nitrogen and oxygen atoms in total. The first-order valence-electron chi connectivity index (χ1n) is 12.4. The minimum atomic E-state index is -4.79. The number of alkyl halides is 3. The number of hydrogen-bond donors (Lipinski definition) is 0. The Hall–Kier alpha value is -3.17.